The highest BCUT2D eigenvalue weighted by atomic mass is 35.5. The normalized spacial score (nSPS) is 22.3. The van der Waals surface area contributed by atoms with E-state index >= 15 is 4.39 Å². The van der Waals surface area contributed by atoms with Crippen LogP contribution < -0.4 is 20.7 Å². The van der Waals surface area contributed by atoms with Crippen LogP contribution in [0.1, 0.15) is 54.6 Å². The highest BCUT2D eigenvalue weighted by molar-refractivity contribution is 6.34. The van der Waals surface area contributed by atoms with Gasteiger partial charge >= 0.3 is 0 Å². The Labute approximate surface area is 254 Å². The van der Waals surface area contributed by atoms with Gasteiger partial charge in [0.1, 0.15) is 17.0 Å². The van der Waals surface area contributed by atoms with Crippen LogP contribution in [0, 0.1) is 22.6 Å². The van der Waals surface area contributed by atoms with Crippen LogP contribution in [0.2, 0.25) is 10.0 Å². The van der Waals surface area contributed by atoms with Crippen molar-refractivity contribution >= 4 is 40.7 Å². The molecular weight excluding hydrogens is 578 g/mol. The van der Waals surface area contributed by atoms with E-state index in [1.165, 1.54) is 26.3 Å². The number of fused-ring (bicyclic) bond motifs is 6. The number of nitrogens with one attached hydrogen (secondary N) is 3. The van der Waals surface area contributed by atoms with Gasteiger partial charge in [0, 0.05) is 45.7 Å². The van der Waals surface area contributed by atoms with Crippen molar-refractivity contribution in [3.05, 3.63) is 81.1 Å². The van der Waals surface area contributed by atoms with Crippen LogP contribution >= 0.6 is 23.2 Å². The summed E-state index contributed by atoms with van der Waals surface area (Å²) in [7, 11) is 2.96. The average molecular weight is 610 g/mol. The van der Waals surface area contributed by atoms with Gasteiger partial charge in [-0.2, -0.15) is 5.26 Å². The predicted molar refractivity (Wildman–Crippen MR) is 162 cm³/mol. The third kappa shape index (κ3) is 4.80. The zero-order chi connectivity index (χ0) is 30.6. The van der Waals surface area contributed by atoms with E-state index in [1.807, 2.05) is 26.8 Å². The molecule has 0 bridgehead atoms. The highest BCUT2D eigenvalue weighted by Gasteiger charge is 2.63. The summed E-state index contributed by atoms with van der Waals surface area (Å²) in [6.07, 6.45) is 0.475. The van der Waals surface area contributed by atoms with Crippen LogP contribution in [-0.4, -0.2) is 38.1 Å². The van der Waals surface area contributed by atoms with Crippen LogP contribution in [0.4, 0.5) is 10.1 Å². The van der Waals surface area contributed by atoms with Crippen LogP contribution in [0.15, 0.2) is 48.5 Å². The Morgan fingerprint density at radius 2 is 1.90 bits per heavy atom. The summed E-state index contributed by atoms with van der Waals surface area (Å²) in [5.41, 5.74) is 0.828. The number of nitriles is 1. The molecule has 0 unspecified atom stereocenters. The lowest BCUT2D eigenvalue weighted by Gasteiger charge is -2.42. The minimum atomic E-state index is -1.45. The number of nitrogens with zero attached hydrogens (tertiary/aromatic N) is 1. The molecule has 3 aromatic carbocycles. The molecule has 1 fully saturated rings. The number of rotatable bonds is 5. The van der Waals surface area contributed by atoms with Crippen molar-refractivity contribution in [3.8, 4) is 22.9 Å². The standard InChI is InChI=1S/C32H31Cl2FN4O3/c1-31(2,3)14-24-32(15-36)26-19(12-17(33)13-21(26)35)25-18(7-6-8-20(25)34)27(32)28(39-24)30(41)38-22-10-9-16(29(40)37-4)11-23(22)42-5/h6-13,24,27-28,39H,14H2,1-5H3,(H,37,40)(H,38,41)/t24-,27-,28+,32+/m0/s1. The van der Waals surface area contributed by atoms with E-state index < -0.39 is 35.1 Å². The van der Waals surface area contributed by atoms with E-state index in [1.54, 1.807) is 30.3 Å². The second-order valence-corrected chi connectivity index (χ2v) is 12.8. The third-order valence-corrected chi connectivity index (χ3v) is 8.64. The summed E-state index contributed by atoms with van der Waals surface area (Å²) in [6.45, 7) is 6.11. The fraction of sp³-hybridized carbons (Fsp3) is 0.344. The van der Waals surface area contributed by atoms with Gasteiger partial charge in [-0.05, 0) is 59.4 Å². The Balaban J connectivity index is 1.69. The number of carbonyl (C=O) groups is 2. The molecule has 5 rings (SSSR count). The molecule has 1 saturated heterocycles. The van der Waals surface area contributed by atoms with Crippen molar-refractivity contribution in [2.45, 2.75) is 50.6 Å². The average Bonchev–Trinajstić information content (AvgIpc) is 3.26. The molecule has 7 nitrogen and oxygen atoms in total. The summed E-state index contributed by atoms with van der Waals surface area (Å²) in [5.74, 6) is -1.86. The van der Waals surface area contributed by atoms with Gasteiger partial charge in [-0.25, -0.2) is 4.39 Å². The fourth-order valence-corrected chi connectivity index (χ4v) is 7.00. The smallest absolute Gasteiger partial charge is 0.251 e. The van der Waals surface area contributed by atoms with E-state index in [9.17, 15) is 14.9 Å². The second kappa shape index (κ2) is 10.9. The van der Waals surface area contributed by atoms with Gasteiger partial charge in [0.05, 0.1) is 24.9 Å². The molecule has 2 aliphatic rings. The van der Waals surface area contributed by atoms with E-state index in [0.29, 0.717) is 45.1 Å². The van der Waals surface area contributed by atoms with E-state index in [2.05, 4.69) is 22.0 Å². The molecule has 3 N–H and O–H groups in total. The monoisotopic (exact) mass is 608 g/mol. The number of benzene rings is 3. The molecule has 1 aliphatic heterocycles. The molecule has 0 spiro atoms. The molecule has 0 saturated carbocycles. The Hall–Kier alpha value is -3.64. The zero-order valence-corrected chi connectivity index (χ0v) is 25.4. The van der Waals surface area contributed by atoms with E-state index in [-0.39, 0.29) is 21.9 Å². The lowest BCUT2D eigenvalue weighted by molar-refractivity contribution is -0.118. The fourth-order valence-electron chi connectivity index (χ4n) is 6.51. The lowest BCUT2D eigenvalue weighted by atomic mass is 9.57. The molecule has 4 atom stereocenters. The summed E-state index contributed by atoms with van der Waals surface area (Å²) < 4.78 is 21.6. The third-order valence-electron chi connectivity index (χ3n) is 8.11. The van der Waals surface area contributed by atoms with Crippen molar-refractivity contribution in [2.75, 3.05) is 19.5 Å². The molecule has 0 aromatic heterocycles. The van der Waals surface area contributed by atoms with Gasteiger partial charge in [0.25, 0.3) is 5.91 Å². The minimum absolute atomic E-state index is 0.184. The van der Waals surface area contributed by atoms with Crippen molar-refractivity contribution in [2.24, 2.45) is 5.41 Å². The first kappa shape index (κ1) is 29.8. The Morgan fingerprint density at radius 1 is 1.17 bits per heavy atom. The number of halogens is 3. The van der Waals surface area contributed by atoms with Gasteiger partial charge in [-0.15, -0.1) is 0 Å². The van der Waals surface area contributed by atoms with Crippen molar-refractivity contribution in [1.29, 1.82) is 5.26 Å². The van der Waals surface area contributed by atoms with Crippen molar-refractivity contribution in [1.82, 2.24) is 10.6 Å². The molecule has 2 amide bonds. The Morgan fingerprint density at radius 3 is 2.55 bits per heavy atom. The molecule has 42 heavy (non-hydrogen) atoms. The molecule has 1 heterocycles. The van der Waals surface area contributed by atoms with Crippen LogP contribution in [-0.2, 0) is 10.2 Å². The summed E-state index contributed by atoms with van der Waals surface area (Å²) in [6, 6.07) is 13.8. The maximum absolute atomic E-state index is 16.1. The first-order valence-corrected chi connectivity index (χ1v) is 14.3. The molecule has 10 heteroatoms. The maximum atomic E-state index is 16.1. The topological polar surface area (TPSA) is 103 Å². The molecule has 0 radical (unpaired) electrons. The largest absolute Gasteiger partial charge is 0.495 e. The number of amides is 2. The van der Waals surface area contributed by atoms with Gasteiger partial charge in [-0.3, -0.25) is 9.59 Å². The predicted octanol–water partition coefficient (Wildman–Crippen LogP) is 6.44. The Bertz CT molecular complexity index is 1650. The van der Waals surface area contributed by atoms with E-state index in [4.69, 9.17) is 27.9 Å². The number of hydrogen-bond donors (Lipinski definition) is 3. The van der Waals surface area contributed by atoms with Crippen LogP contribution in [0.5, 0.6) is 5.75 Å². The molecule has 218 valence electrons. The second-order valence-electron chi connectivity index (χ2n) is 11.9. The lowest BCUT2D eigenvalue weighted by Crippen LogP contribution is -2.46. The van der Waals surface area contributed by atoms with Gasteiger partial charge in [0.15, 0.2) is 0 Å². The number of carbonyl (C=O) groups excluding carboxylic acids is 2. The van der Waals surface area contributed by atoms with Gasteiger partial charge < -0.3 is 20.7 Å². The van der Waals surface area contributed by atoms with Crippen molar-refractivity contribution < 1.29 is 18.7 Å². The molecule has 3 aromatic rings. The highest BCUT2D eigenvalue weighted by Crippen LogP contribution is 2.60. The number of methoxy groups -OCH3 is 1. The van der Waals surface area contributed by atoms with Crippen LogP contribution in [0.25, 0.3) is 11.1 Å². The molecule has 1 aliphatic carbocycles. The van der Waals surface area contributed by atoms with E-state index in [0.717, 1.165) is 0 Å². The first-order chi connectivity index (χ1) is 19.9. The molecular formula is C32H31Cl2FN4O3. The number of ether oxygens (including phenoxy) is 1. The summed E-state index contributed by atoms with van der Waals surface area (Å²) in [5, 5.41) is 20.5. The van der Waals surface area contributed by atoms with Crippen molar-refractivity contribution in [3.63, 3.8) is 0 Å². The summed E-state index contributed by atoms with van der Waals surface area (Å²) >= 11 is 13.1. The SMILES string of the molecule is CNC(=O)c1ccc(NC(=O)[C@@H]2N[C@@H](CC(C)(C)C)[C@]3(C#N)c4c(F)cc(Cl)cc4-c4c(Cl)cccc4[C@@H]23)c(OC)c1. The minimum Gasteiger partial charge on any atom is -0.495 e. The van der Waals surface area contributed by atoms with Gasteiger partial charge in [-0.1, -0.05) is 56.1 Å². The maximum Gasteiger partial charge on any atom is 0.251 e. The first-order valence-electron chi connectivity index (χ1n) is 13.5. The summed E-state index contributed by atoms with van der Waals surface area (Å²) in [4.78, 5) is 26.3. The number of anilines is 1. The Kier molecular flexibility index (Phi) is 7.73. The zero-order valence-electron chi connectivity index (χ0n) is 23.9. The van der Waals surface area contributed by atoms with Gasteiger partial charge in [0.2, 0.25) is 5.91 Å². The quantitative estimate of drug-likeness (QED) is 0.309. The number of hydrogen-bond acceptors (Lipinski definition) is 5. The van der Waals surface area contributed by atoms with Crippen LogP contribution in [0.3, 0.4) is 0 Å².